The molecule has 0 aliphatic heterocycles. The van der Waals surface area contributed by atoms with E-state index >= 15 is 0 Å². The molecule has 0 fully saturated rings. The maximum Gasteiger partial charge on any atom is 0.248 e. The summed E-state index contributed by atoms with van der Waals surface area (Å²) in [6.45, 7) is 1.65. The van der Waals surface area contributed by atoms with E-state index in [-0.39, 0.29) is 12.3 Å². The van der Waals surface area contributed by atoms with Gasteiger partial charge in [-0.1, -0.05) is 5.16 Å². The minimum atomic E-state index is -0.514. The van der Waals surface area contributed by atoms with Crippen LogP contribution in [0.25, 0.3) is 0 Å². The third kappa shape index (κ3) is 3.38. The zero-order valence-electron chi connectivity index (χ0n) is 10.2. The molecule has 19 heavy (non-hydrogen) atoms. The number of nitrogens with two attached hydrogens (primary N) is 1. The van der Waals surface area contributed by atoms with E-state index < -0.39 is 5.91 Å². The van der Waals surface area contributed by atoms with Crippen LogP contribution in [0.4, 0.5) is 5.69 Å². The number of benzene rings is 1. The number of nitrogens with one attached hydrogen (secondary N) is 1. The first-order valence-corrected chi connectivity index (χ1v) is 5.53. The number of amides is 2. The van der Waals surface area contributed by atoms with Gasteiger partial charge in [0.15, 0.2) is 5.82 Å². The number of hydrogen-bond donors (Lipinski definition) is 2. The summed E-state index contributed by atoms with van der Waals surface area (Å²) in [5.41, 5.74) is 6.06. The first kappa shape index (κ1) is 12.7. The van der Waals surface area contributed by atoms with E-state index in [0.29, 0.717) is 23.0 Å². The second kappa shape index (κ2) is 5.30. The standard InChI is InChI=1S/C12H12N4O3/c1-7-14-10(16-19-7)6-11(17)15-9-4-2-8(3-5-9)12(13)18/h2-5H,6H2,1H3,(H2,13,18)(H,15,17). The van der Waals surface area contributed by atoms with E-state index in [4.69, 9.17) is 10.3 Å². The zero-order valence-corrected chi connectivity index (χ0v) is 10.2. The summed E-state index contributed by atoms with van der Waals surface area (Å²) in [7, 11) is 0. The fraction of sp³-hybridized carbons (Fsp3) is 0.167. The van der Waals surface area contributed by atoms with Gasteiger partial charge in [-0.05, 0) is 24.3 Å². The van der Waals surface area contributed by atoms with Crippen LogP contribution < -0.4 is 11.1 Å². The second-order valence-corrected chi connectivity index (χ2v) is 3.90. The Kier molecular flexibility index (Phi) is 3.56. The van der Waals surface area contributed by atoms with Crippen molar-refractivity contribution in [1.82, 2.24) is 10.1 Å². The van der Waals surface area contributed by atoms with Crippen LogP contribution in [0.1, 0.15) is 22.1 Å². The van der Waals surface area contributed by atoms with Gasteiger partial charge in [0.2, 0.25) is 17.7 Å². The Labute approximate surface area is 108 Å². The lowest BCUT2D eigenvalue weighted by Gasteiger charge is -2.03. The number of primary amides is 1. The van der Waals surface area contributed by atoms with Gasteiger partial charge >= 0.3 is 0 Å². The fourth-order valence-corrected chi connectivity index (χ4v) is 1.48. The predicted molar refractivity (Wildman–Crippen MR) is 66.3 cm³/mol. The second-order valence-electron chi connectivity index (χ2n) is 3.90. The molecule has 0 spiro atoms. The Morgan fingerprint density at radius 3 is 2.53 bits per heavy atom. The molecule has 0 aliphatic carbocycles. The van der Waals surface area contributed by atoms with Crippen molar-refractivity contribution in [1.29, 1.82) is 0 Å². The minimum absolute atomic E-state index is 0.0227. The van der Waals surface area contributed by atoms with Crippen LogP contribution in [0.15, 0.2) is 28.8 Å². The summed E-state index contributed by atoms with van der Waals surface area (Å²) in [6.07, 6.45) is 0.0227. The van der Waals surface area contributed by atoms with Crippen LogP contribution in [0, 0.1) is 6.92 Å². The number of aromatic nitrogens is 2. The van der Waals surface area contributed by atoms with Gasteiger partial charge in [-0.25, -0.2) is 0 Å². The van der Waals surface area contributed by atoms with Crippen molar-refractivity contribution in [3.05, 3.63) is 41.5 Å². The van der Waals surface area contributed by atoms with E-state index in [2.05, 4.69) is 15.5 Å². The minimum Gasteiger partial charge on any atom is -0.366 e. The van der Waals surface area contributed by atoms with Crippen LogP contribution in [0.5, 0.6) is 0 Å². The molecule has 1 heterocycles. The van der Waals surface area contributed by atoms with E-state index in [0.717, 1.165) is 0 Å². The highest BCUT2D eigenvalue weighted by Gasteiger charge is 2.09. The highest BCUT2D eigenvalue weighted by molar-refractivity contribution is 5.95. The summed E-state index contributed by atoms with van der Waals surface area (Å²) in [6, 6.07) is 6.27. The topological polar surface area (TPSA) is 111 Å². The molecule has 7 heteroatoms. The lowest BCUT2D eigenvalue weighted by Crippen LogP contribution is -2.15. The van der Waals surface area contributed by atoms with E-state index in [9.17, 15) is 9.59 Å². The molecule has 0 radical (unpaired) electrons. The molecule has 98 valence electrons. The maximum absolute atomic E-state index is 11.7. The molecular weight excluding hydrogens is 248 g/mol. The van der Waals surface area contributed by atoms with Crippen molar-refractivity contribution in [3.8, 4) is 0 Å². The van der Waals surface area contributed by atoms with Crippen molar-refractivity contribution in [2.75, 3.05) is 5.32 Å². The number of hydrogen-bond acceptors (Lipinski definition) is 5. The molecule has 0 bridgehead atoms. The Balaban J connectivity index is 1.97. The average molecular weight is 260 g/mol. The normalized spacial score (nSPS) is 10.2. The van der Waals surface area contributed by atoms with Crippen LogP contribution in [-0.4, -0.2) is 22.0 Å². The number of aryl methyl sites for hydroxylation is 1. The van der Waals surface area contributed by atoms with E-state index in [1.165, 1.54) is 12.1 Å². The molecule has 7 nitrogen and oxygen atoms in total. The van der Waals surface area contributed by atoms with Gasteiger partial charge < -0.3 is 15.6 Å². The number of rotatable bonds is 4. The quantitative estimate of drug-likeness (QED) is 0.838. The largest absolute Gasteiger partial charge is 0.366 e. The summed E-state index contributed by atoms with van der Waals surface area (Å²) in [5.74, 6) is -0.0508. The Bertz CT molecular complexity index is 604. The van der Waals surface area contributed by atoms with E-state index in [1.807, 2.05) is 0 Å². The first-order chi connectivity index (χ1) is 9.04. The number of carbonyl (C=O) groups is 2. The van der Waals surface area contributed by atoms with Crippen molar-refractivity contribution in [2.45, 2.75) is 13.3 Å². The summed E-state index contributed by atoms with van der Waals surface area (Å²) in [5, 5.41) is 6.28. The Hall–Kier alpha value is -2.70. The molecule has 1 aromatic heterocycles. The van der Waals surface area contributed by atoms with Crippen LogP contribution in [-0.2, 0) is 11.2 Å². The smallest absolute Gasteiger partial charge is 0.248 e. The predicted octanol–water partition coefficient (Wildman–Crippen LogP) is 0.658. The summed E-state index contributed by atoms with van der Waals surface area (Å²) < 4.78 is 4.77. The molecule has 2 amide bonds. The van der Waals surface area contributed by atoms with Gasteiger partial charge in [-0.3, -0.25) is 9.59 Å². The zero-order chi connectivity index (χ0) is 13.8. The molecule has 0 saturated carbocycles. The molecular formula is C12H12N4O3. The highest BCUT2D eigenvalue weighted by Crippen LogP contribution is 2.09. The monoisotopic (exact) mass is 260 g/mol. The molecule has 0 atom stereocenters. The highest BCUT2D eigenvalue weighted by atomic mass is 16.5. The van der Waals surface area contributed by atoms with Crippen molar-refractivity contribution < 1.29 is 14.1 Å². The maximum atomic E-state index is 11.7. The lowest BCUT2D eigenvalue weighted by molar-refractivity contribution is -0.115. The summed E-state index contributed by atoms with van der Waals surface area (Å²) >= 11 is 0. The first-order valence-electron chi connectivity index (χ1n) is 5.53. The van der Waals surface area contributed by atoms with Gasteiger partial charge in [-0.2, -0.15) is 4.98 Å². The van der Waals surface area contributed by atoms with Gasteiger partial charge in [0.25, 0.3) is 0 Å². The molecule has 3 N–H and O–H groups in total. The van der Waals surface area contributed by atoms with Gasteiger partial charge in [0.1, 0.15) is 0 Å². The van der Waals surface area contributed by atoms with Crippen molar-refractivity contribution in [2.24, 2.45) is 5.73 Å². The Morgan fingerprint density at radius 1 is 1.32 bits per heavy atom. The number of nitrogens with zero attached hydrogens (tertiary/aromatic N) is 2. The number of carbonyl (C=O) groups excluding carboxylic acids is 2. The van der Waals surface area contributed by atoms with Crippen molar-refractivity contribution in [3.63, 3.8) is 0 Å². The van der Waals surface area contributed by atoms with Gasteiger partial charge in [0, 0.05) is 18.2 Å². The molecule has 0 saturated heterocycles. The van der Waals surface area contributed by atoms with Crippen LogP contribution in [0.2, 0.25) is 0 Å². The summed E-state index contributed by atoms with van der Waals surface area (Å²) in [4.78, 5) is 26.5. The molecule has 0 aliphatic rings. The third-order valence-corrected chi connectivity index (χ3v) is 2.34. The molecule has 0 unspecified atom stereocenters. The molecule has 2 aromatic rings. The van der Waals surface area contributed by atoms with Crippen molar-refractivity contribution >= 4 is 17.5 Å². The number of anilines is 1. The van der Waals surface area contributed by atoms with Gasteiger partial charge in [-0.15, -0.1) is 0 Å². The lowest BCUT2D eigenvalue weighted by atomic mass is 10.2. The Morgan fingerprint density at radius 2 is 2.00 bits per heavy atom. The third-order valence-electron chi connectivity index (χ3n) is 2.34. The molecule has 2 rings (SSSR count). The van der Waals surface area contributed by atoms with Gasteiger partial charge in [0.05, 0.1) is 6.42 Å². The van der Waals surface area contributed by atoms with E-state index in [1.54, 1.807) is 19.1 Å². The SMILES string of the molecule is Cc1nc(CC(=O)Nc2ccc(C(N)=O)cc2)no1. The fourth-order valence-electron chi connectivity index (χ4n) is 1.48. The van der Waals surface area contributed by atoms with Crippen LogP contribution >= 0.6 is 0 Å². The molecule has 1 aromatic carbocycles. The average Bonchev–Trinajstić information content (AvgIpc) is 2.75. The van der Waals surface area contributed by atoms with Crippen LogP contribution in [0.3, 0.4) is 0 Å².